The van der Waals surface area contributed by atoms with E-state index in [1.54, 1.807) is 11.4 Å². The predicted octanol–water partition coefficient (Wildman–Crippen LogP) is 2.03. The lowest BCUT2D eigenvalue weighted by Gasteiger charge is -2.07. The zero-order valence-electron chi connectivity index (χ0n) is 11.9. The fraction of sp³-hybridized carbons (Fsp3) is 0.533. The summed E-state index contributed by atoms with van der Waals surface area (Å²) in [5.41, 5.74) is 0.621. The van der Waals surface area contributed by atoms with Crippen LogP contribution in [0.3, 0.4) is 0 Å². The van der Waals surface area contributed by atoms with Crippen molar-refractivity contribution < 1.29 is 14.6 Å². The molecule has 0 radical (unpaired) electrons. The molecule has 0 bridgehead atoms. The van der Waals surface area contributed by atoms with E-state index < -0.39 is 0 Å². The summed E-state index contributed by atoms with van der Waals surface area (Å²) in [5, 5.41) is 13.3. The molecule has 0 fully saturated rings. The van der Waals surface area contributed by atoms with Gasteiger partial charge in [-0.15, -0.1) is 11.3 Å². The summed E-state index contributed by atoms with van der Waals surface area (Å²) < 4.78 is 5.43. The summed E-state index contributed by atoms with van der Waals surface area (Å²) in [4.78, 5) is 12.6. The SMILES string of the molecule is CC(C)OCCCCNC(=O)c1csc(C#CCO)c1. The van der Waals surface area contributed by atoms with Crippen LogP contribution in [0, 0.1) is 11.8 Å². The van der Waals surface area contributed by atoms with Crippen molar-refractivity contribution in [2.75, 3.05) is 19.8 Å². The van der Waals surface area contributed by atoms with Gasteiger partial charge in [0.1, 0.15) is 6.61 Å². The molecule has 4 nitrogen and oxygen atoms in total. The van der Waals surface area contributed by atoms with E-state index in [1.165, 1.54) is 11.3 Å². The molecular weight excluding hydrogens is 274 g/mol. The maximum atomic E-state index is 11.8. The lowest BCUT2D eigenvalue weighted by atomic mass is 10.2. The van der Waals surface area contributed by atoms with E-state index in [9.17, 15) is 4.79 Å². The number of rotatable bonds is 7. The normalized spacial score (nSPS) is 10.2. The third-order valence-electron chi connectivity index (χ3n) is 2.46. The summed E-state index contributed by atoms with van der Waals surface area (Å²) in [5.74, 6) is 5.27. The van der Waals surface area contributed by atoms with Crippen LogP contribution in [0.2, 0.25) is 0 Å². The Morgan fingerprint density at radius 2 is 2.30 bits per heavy atom. The summed E-state index contributed by atoms with van der Waals surface area (Å²) in [6.45, 7) is 5.23. The molecule has 1 heterocycles. The first-order chi connectivity index (χ1) is 9.63. The van der Waals surface area contributed by atoms with E-state index in [0.717, 1.165) is 24.3 Å². The molecule has 1 aromatic heterocycles. The number of nitrogens with one attached hydrogen (secondary N) is 1. The summed E-state index contributed by atoms with van der Waals surface area (Å²) in [6.07, 6.45) is 2.10. The predicted molar refractivity (Wildman–Crippen MR) is 80.9 cm³/mol. The molecule has 0 aliphatic heterocycles. The Hall–Kier alpha value is -1.35. The topological polar surface area (TPSA) is 58.6 Å². The number of aliphatic hydroxyl groups excluding tert-OH is 1. The van der Waals surface area contributed by atoms with Crippen LogP contribution in [0.5, 0.6) is 0 Å². The Morgan fingerprint density at radius 3 is 3.00 bits per heavy atom. The Balaban J connectivity index is 2.24. The fourth-order valence-corrected chi connectivity index (χ4v) is 2.25. The van der Waals surface area contributed by atoms with E-state index in [0.29, 0.717) is 12.1 Å². The highest BCUT2D eigenvalue weighted by Crippen LogP contribution is 2.13. The van der Waals surface area contributed by atoms with Crippen LogP contribution in [-0.4, -0.2) is 36.9 Å². The molecule has 0 saturated carbocycles. The van der Waals surface area contributed by atoms with Crippen molar-refractivity contribution in [3.8, 4) is 11.8 Å². The van der Waals surface area contributed by atoms with Gasteiger partial charge in [0.05, 0.1) is 16.5 Å². The monoisotopic (exact) mass is 295 g/mol. The van der Waals surface area contributed by atoms with Gasteiger partial charge in [0.15, 0.2) is 0 Å². The van der Waals surface area contributed by atoms with Crippen LogP contribution in [0.4, 0.5) is 0 Å². The number of thiophene rings is 1. The largest absolute Gasteiger partial charge is 0.384 e. The standard InChI is InChI=1S/C15H21NO3S/c1-12(2)19-9-4-3-7-16-15(18)13-10-14(20-11-13)6-5-8-17/h10-12,17H,3-4,7-9H2,1-2H3,(H,16,18). The van der Waals surface area contributed by atoms with E-state index in [1.807, 2.05) is 13.8 Å². The number of carbonyl (C=O) groups is 1. The molecule has 1 amide bonds. The van der Waals surface area contributed by atoms with Crippen molar-refractivity contribution >= 4 is 17.2 Å². The van der Waals surface area contributed by atoms with Crippen LogP contribution < -0.4 is 5.32 Å². The lowest BCUT2D eigenvalue weighted by Crippen LogP contribution is -2.24. The Morgan fingerprint density at radius 1 is 1.50 bits per heavy atom. The average Bonchev–Trinajstić information content (AvgIpc) is 2.88. The highest BCUT2D eigenvalue weighted by Gasteiger charge is 2.07. The maximum Gasteiger partial charge on any atom is 0.252 e. The molecule has 1 aromatic rings. The Labute approximate surface area is 124 Å². The van der Waals surface area contributed by atoms with Crippen LogP contribution in [0.1, 0.15) is 41.9 Å². The number of carbonyl (C=O) groups excluding carboxylic acids is 1. The first kappa shape index (κ1) is 16.7. The highest BCUT2D eigenvalue weighted by atomic mass is 32.1. The molecule has 5 heteroatoms. The van der Waals surface area contributed by atoms with Gasteiger partial charge in [0.2, 0.25) is 0 Å². The van der Waals surface area contributed by atoms with Gasteiger partial charge in [0, 0.05) is 18.5 Å². The molecule has 20 heavy (non-hydrogen) atoms. The van der Waals surface area contributed by atoms with Gasteiger partial charge in [-0.3, -0.25) is 4.79 Å². The van der Waals surface area contributed by atoms with Gasteiger partial charge in [0.25, 0.3) is 5.91 Å². The van der Waals surface area contributed by atoms with Crippen molar-refractivity contribution in [2.45, 2.75) is 32.8 Å². The number of hydrogen-bond acceptors (Lipinski definition) is 4. The highest BCUT2D eigenvalue weighted by molar-refractivity contribution is 7.10. The fourth-order valence-electron chi connectivity index (χ4n) is 1.50. The third kappa shape index (κ3) is 6.71. The zero-order valence-corrected chi connectivity index (χ0v) is 12.8. The molecule has 0 atom stereocenters. The molecule has 0 unspecified atom stereocenters. The third-order valence-corrected chi connectivity index (χ3v) is 3.31. The summed E-state index contributed by atoms with van der Waals surface area (Å²) in [6, 6.07) is 1.74. The number of amides is 1. The first-order valence-corrected chi connectivity index (χ1v) is 7.59. The zero-order chi connectivity index (χ0) is 14.8. The van der Waals surface area contributed by atoms with Gasteiger partial charge in [-0.25, -0.2) is 0 Å². The molecule has 0 aromatic carbocycles. The molecule has 0 aliphatic carbocycles. The molecule has 0 saturated heterocycles. The first-order valence-electron chi connectivity index (χ1n) is 6.71. The van der Waals surface area contributed by atoms with E-state index in [4.69, 9.17) is 9.84 Å². The van der Waals surface area contributed by atoms with Gasteiger partial charge < -0.3 is 15.2 Å². The Kier molecular flexibility index (Phi) is 7.97. The van der Waals surface area contributed by atoms with Gasteiger partial charge >= 0.3 is 0 Å². The van der Waals surface area contributed by atoms with E-state index in [-0.39, 0.29) is 18.6 Å². The van der Waals surface area contributed by atoms with E-state index in [2.05, 4.69) is 17.2 Å². The second kappa shape index (κ2) is 9.54. The molecule has 0 aliphatic rings. The van der Waals surface area contributed by atoms with Crippen molar-refractivity contribution in [1.82, 2.24) is 5.32 Å². The number of aliphatic hydroxyl groups is 1. The molecule has 1 rings (SSSR count). The molecular formula is C15H21NO3S. The van der Waals surface area contributed by atoms with Crippen molar-refractivity contribution in [1.29, 1.82) is 0 Å². The minimum Gasteiger partial charge on any atom is -0.384 e. The smallest absolute Gasteiger partial charge is 0.252 e. The van der Waals surface area contributed by atoms with Gasteiger partial charge in [-0.2, -0.15) is 0 Å². The van der Waals surface area contributed by atoms with E-state index >= 15 is 0 Å². The van der Waals surface area contributed by atoms with Crippen molar-refractivity contribution in [2.24, 2.45) is 0 Å². The molecule has 2 N–H and O–H groups in total. The van der Waals surface area contributed by atoms with Crippen LogP contribution in [-0.2, 0) is 4.74 Å². The second-order valence-corrected chi connectivity index (χ2v) is 5.45. The molecule has 110 valence electrons. The van der Waals surface area contributed by atoms with Crippen molar-refractivity contribution in [3.63, 3.8) is 0 Å². The van der Waals surface area contributed by atoms with Crippen LogP contribution in [0.15, 0.2) is 11.4 Å². The lowest BCUT2D eigenvalue weighted by molar-refractivity contribution is 0.0754. The maximum absolute atomic E-state index is 11.8. The summed E-state index contributed by atoms with van der Waals surface area (Å²) in [7, 11) is 0. The van der Waals surface area contributed by atoms with Gasteiger partial charge in [-0.1, -0.05) is 11.8 Å². The quantitative estimate of drug-likeness (QED) is 0.598. The number of unbranched alkanes of at least 4 members (excludes halogenated alkanes) is 1. The van der Waals surface area contributed by atoms with Gasteiger partial charge in [-0.05, 0) is 32.8 Å². The summed E-state index contributed by atoms with van der Waals surface area (Å²) >= 11 is 1.40. The molecule has 0 spiro atoms. The van der Waals surface area contributed by atoms with Crippen LogP contribution in [0.25, 0.3) is 0 Å². The Bertz CT molecular complexity index is 471. The van der Waals surface area contributed by atoms with Crippen molar-refractivity contribution in [3.05, 3.63) is 21.9 Å². The number of ether oxygens (including phenoxy) is 1. The minimum atomic E-state index is -0.169. The van der Waals surface area contributed by atoms with Crippen LogP contribution >= 0.6 is 11.3 Å². The minimum absolute atomic E-state index is 0.0805. The number of hydrogen-bond donors (Lipinski definition) is 2. The average molecular weight is 295 g/mol. The second-order valence-electron chi connectivity index (χ2n) is 4.54.